The summed E-state index contributed by atoms with van der Waals surface area (Å²) in [6, 6.07) is 13.1. The standard InChI is InChI=1S/C25H36N3O9PS.Ca/c1-18(2)15-28(39(33,34)22-10-8-20(26)9-11-22)16-24(37-38(30,31)32)23(14-19-6-4-3-5-7-19)27-25(29)36-21-12-13-35-17-21;/h3-11,18,21,23-24H,12-17,26H2,1-2H3,(H,27,29)(H2,30,31,32);/q;+2/p-2/t21-,23+,24-;/m1./s1. The summed E-state index contributed by atoms with van der Waals surface area (Å²) in [7, 11) is -9.80. The molecule has 0 aromatic heterocycles. The van der Waals surface area contributed by atoms with E-state index in [2.05, 4.69) is 5.32 Å². The number of nitrogens with zero attached hydrogens (tertiary/aromatic N) is 1. The van der Waals surface area contributed by atoms with Crippen LogP contribution in [-0.4, -0.2) is 101 Å². The Balaban J connectivity index is 0.00000560. The molecule has 40 heavy (non-hydrogen) atoms. The third kappa shape index (κ3) is 11.2. The number of nitrogens with one attached hydrogen (secondary N) is 1. The Labute approximate surface area is 264 Å². The van der Waals surface area contributed by atoms with Gasteiger partial charge in [-0.05, 0) is 42.2 Å². The number of hydrogen-bond donors (Lipinski definition) is 2. The molecule has 1 aliphatic rings. The second kappa shape index (κ2) is 15.8. The summed E-state index contributed by atoms with van der Waals surface area (Å²) in [5.74, 6) is -0.173. The zero-order chi connectivity index (χ0) is 28.6. The number of benzene rings is 2. The van der Waals surface area contributed by atoms with Crippen molar-refractivity contribution in [2.24, 2.45) is 5.92 Å². The first-order valence-corrected chi connectivity index (χ1v) is 15.4. The summed E-state index contributed by atoms with van der Waals surface area (Å²) in [5.41, 5.74) is 6.75. The van der Waals surface area contributed by atoms with E-state index in [-0.39, 0.29) is 68.1 Å². The van der Waals surface area contributed by atoms with Gasteiger partial charge in [-0.2, -0.15) is 4.31 Å². The van der Waals surface area contributed by atoms with E-state index in [1.165, 1.54) is 24.3 Å². The first-order valence-electron chi connectivity index (χ1n) is 12.5. The summed E-state index contributed by atoms with van der Waals surface area (Å²) in [6.45, 7) is 3.66. The van der Waals surface area contributed by atoms with E-state index in [0.717, 1.165) is 4.31 Å². The fraction of sp³-hybridized carbons (Fsp3) is 0.480. The van der Waals surface area contributed by atoms with Crippen LogP contribution in [0, 0.1) is 5.92 Å². The molecule has 1 amide bonds. The number of sulfonamides is 1. The van der Waals surface area contributed by atoms with Crippen molar-refractivity contribution in [1.29, 1.82) is 0 Å². The van der Waals surface area contributed by atoms with Crippen LogP contribution in [0.1, 0.15) is 25.8 Å². The first-order chi connectivity index (χ1) is 18.3. The van der Waals surface area contributed by atoms with E-state index in [1.807, 2.05) is 0 Å². The number of phosphoric ester groups is 1. The van der Waals surface area contributed by atoms with Gasteiger partial charge in [0.1, 0.15) is 6.10 Å². The number of carbonyl (C=O) groups is 1. The van der Waals surface area contributed by atoms with Crippen molar-refractivity contribution in [2.75, 3.05) is 32.0 Å². The summed E-state index contributed by atoms with van der Waals surface area (Å²) < 4.78 is 55.6. The number of nitrogen functional groups attached to an aromatic ring is 1. The fourth-order valence-corrected chi connectivity index (χ4v) is 6.31. The molecule has 0 saturated carbocycles. The van der Waals surface area contributed by atoms with Crippen LogP contribution in [-0.2, 0) is 35.0 Å². The zero-order valence-corrected chi connectivity index (χ0v) is 26.4. The van der Waals surface area contributed by atoms with Crippen LogP contribution in [0.25, 0.3) is 0 Å². The number of alkyl carbamates (subject to hydrolysis) is 1. The minimum absolute atomic E-state index is 0. The third-order valence-electron chi connectivity index (χ3n) is 5.95. The molecule has 0 radical (unpaired) electrons. The Morgan fingerprint density at radius 1 is 1.15 bits per heavy atom. The molecule has 1 heterocycles. The maximum Gasteiger partial charge on any atom is 2.00 e. The van der Waals surface area contributed by atoms with Gasteiger partial charge >= 0.3 is 43.8 Å². The molecule has 3 atom stereocenters. The van der Waals surface area contributed by atoms with Crippen LogP contribution < -0.4 is 20.8 Å². The van der Waals surface area contributed by atoms with Crippen LogP contribution in [0.15, 0.2) is 59.5 Å². The number of hydrogen-bond acceptors (Lipinski definition) is 10. The SMILES string of the molecule is CC(C)CN(C[C@@H](OP(=O)([O-])[O-])[C@H](Cc1ccccc1)NC(=O)O[C@@H]1CCOC1)S(=O)(=O)c1ccc(N)cc1.[Ca+2]. The van der Waals surface area contributed by atoms with Crippen molar-refractivity contribution in [3.8, 4) is 0 Å². The average molecular weight is 624 g/mol. The zero-order valence-electron chi connectivity index (χ0n) is 22.5. The molecular weight excluding hydrogens is 589 g/mol. The van der Waals surface area contributed by atoms with Gasteiger partial charge in [-0.1, -0.05) is 44.2 Å². The Kier molecular flexibility index (Phi) is 13.8. The van der Waals surface area contributed by atoms with Gasteiger partial charge < -0.3 is 39.4 Å². The molecule has 1 aliphatic heterocycles. The monoisotopic (exact) mass is 623 g/mol. The predicted octanol–water partition coefficient (Wildman–Crippen LogP) is 0.875. The van der Waals surface area contributed by atoms with Gasteiger partial charge in [-0.3, -0.25) is 0 Å². The Bertz CT molecular complexity index is 1220. The molecule has 3 rings (SSSR count). The topological polar surface area (TPSA) is 183 Å². The molecule has 0 unspecified atom stereocenters. The molecule has 1 saturated heterocycles. The molecule has 12 nitrogen and oxygen atoms in total. The van der Waals surface area contributed by atoms with Gasteiger partial charge in [0, 0.05) is 25.2 Å². The van der Waals surface area contributed by atoms with Gasteiger partial charge in [0.05, 0.1) is 38.1 Å². The van der Waals surface area contributed by atoms with E-state index in [1.54, 1.807) is 44.2 Å². The number of nitrogens with two attached hydrogens (primary N) is 1. The maximum absolute atomic E-state index is 13.6. The van der Waals surface area contributed by atoms with Crippen molar-refractivity contribution in [2.45, 2.75) is 49.8 Å². The van der Waals surface area contributed by atoms with Gasteiger partial charge in [0.15, 0.2) is 0 Å². The largest absolute Gasteiger partial charge is 2.00 e. The van der Waals surface area contributed by atoms with Gasteiger partial charge in [0.25, 0.3) is 0 Å². The number of amides is 1. The normalized spacial score (nSPS) is 17.3. The van der Waals surface area contributed by atoms with Crippen molar-refractivity contribution in [3.05, 3.63) is 60.2 Å². The van der Waals surface area contributed by atoms with Crippen molar-refractivity contribution >= 4 is 67.4 Å². The summed E-state index contributed by atoms with van der Waals surface area (Å²) in [5, 5.41) is 2.59. The maximum atomic E-state index is 13.6. The molecule has 3 N–H and O–H groups in total. The smallest absolute Gasteiger partial charge is 0.790 e. The second-order valence-corrected chi connectivity index (χ2v) is 12.8. The minimum Gasteiger partial charge on any atom is -0.790 e. The van der Waals surface area contributed by atoms with Gasteiger partial charge in [0.2, 0.25) is 10.0 Å². The van der Waals surface area contributed by atoms with Crippen LogP contribution in [0.2, 0.25) is 0 Å². The summed E-state index contributed by atoms with van der Waals surface area (Å²) >= 11 is 0. The predicted molar refractivity (Wildman–Crippen MR) is 145 cm³/mol. The second-order valence-electron chi connectivity index (χ2n) is 9.71. The van der Waals surface area contributed by atoms with Gasteiger partial charge in [-0.25, -0.2) is 13.2 Å². The van der Waals surface area contributed by atoms with Crippen LogP contribution >= 0.6 is 7.82 Å². The fourth-order valence-electron chi connectivity index (χ4n) is 4.15. The Morgan fingerprint density at radius 3 is 2.35 bits per heavy atom. The molecule has 2 aromatic carbocycles. The van der Waals surface area contributed by atoms with E-state index in [9.17, 15) is 27.6 Å². The van der Waals surface area contributed by atoms with E-state index >= 15 is 0 Å². The van der Waals surface area contributed by atoms with E-state index in [4.69, 9.17) is 19.7 Å². The Morgan fingerprint density at radius 2 is 1.80 bits per heavy atom. The molecular formula is C25H34CaN3O9PS. The first kappa shape index (κ1) is 34.9. The van der Waals surface area contributed by atoms with Crippen LogP contribution in [0.3, 0.4) is 0 Å². The van der Waals surface area contributed by atoms with Crippen LogP contribution in [0.4, 0.5) is 10.5 Å². The third-order valence-corrected chi connectivity index (χ3v) is 8.32. The number of carbonyl (C=O) groups excluding carboxylic acids is 1. The molecule has 2 aromatic rings. The Hall–Kier alpha value is -1.25. The average Bonchev–Trinajstić information content (AvgIpc) is 3.35. The van der Waals surface area contributed by atoms with Gasteiger partial charge in [-0.15, -0.1) is 0 Å². The molecule has 0 spiro atoms. The molecule has 0 aliphatic carbocycles. The molecule has 1 fully saturated rings. The number of anilines is 1. The summed E-state index contributed by atoms with van der Waals surface area (Å²) in [6.07, 6.45) is -2.41. The molecule has 15 heteroatoms. The number of rotatable bonds is 13. The van der Waals surface area contributed by atoms with Crippen molar-refractivity contribution in [1.82, 2.24) is 9.62 Å². The summed E-state index contributed by atoms with van der Waals surface area (Å²) in [4.78, 5) is 36.4. The molecule has 216 valence electrons. The van der Waals surface area contributed by atoms with Crippen molar-refractivity contribution in [3.63, 3.8) is 0 Å². The number of phosphoric acid groups is 1. The van der Waals surface area contributed by atoms with E-state index < -0.39 is 48.7 Å². The molecule has 0 bridgehead atoms. The number of ether oxygens (including phenoxy) is 2. The quantitative estimate of drug-likeness (QED) is 0.184. The van der Waals surface area contributed by atoms with E-state index in [0.29, 0.717) is 24.3 Å². The van der Waals surface area contributed by atoms with Crippen LogP contribution in [0.5, 0.6) is 0 Å². The minimum atomic E-state index is -5.62. The van der Waals surface area contributed by atoms with Crippen molar-refractivity contribution < 1.29 is 41.6 Å².